The van der Waals surface area contributed by atoms with Gasteiger partial charge in [0.2, 0.25) is 5.91 Å². The Morgan fingerprint density at radius 2 is 1.87 bits per heavy atom. The van der Waals surface area contributed by atoms with Crippen molar-refractivity contribution in [3.8, 4) is 0 Å². The first-order valence-corrected chi connectivity index (χ1v) is 13.4. The van der Waals surface area contributed by atoms with E-state index in [1.165, 1.54) is 11.3 Å². The number of aryl methyl sites for hydroxylation is 1. The average Bonchev–Trinajstić information content (AvgIpc) is 3.38. The molecular formula is C21H32N2O5S2. The zero-order valence-corrected chi connectivity index (χ0v) is 19.3. The molecule has 2 N–H and O–H groups in total. The quantitative estimate of drug-likeness (QED) is 0.527. The lowest BCUT2D eigenvalue weighted by Crippen LogP contribution is -2.28. The maximum Gasteiger partial charge on any atom is 0.254 e. The molecule has 0 saturated heterocycles. The SMILES string of the molecule is COCCCNC(=O)c1c(NC(=O)CCS(=O)(=O)C2CCCC2)sc2c1CCCC2. The van der Waals surface area contributed by atoms with Crippen LogP contribution < -0.4 is 10.6 Å². The van der Waals surface area contributed by atoms with Gasteiger partial charge in [0.1, 0.15) is 5.00 Å². The smallest absolute Gasteiger partial charge is 0.254 e. The second-order valence-electron chi connectivity index (χ2n) is 8.09. The minimum atomic E-state index is -3.24. The van der Waals surface area contributed by atoms with Crippen LogP contribution >= 0.6 is 11.3 Å². The molecule has 0 bridgehead atoms. The molecule has 2 aliphatic carbocycles. The molecular weight excluding hydrogens is 424 g/mol. The normalized spacial score (nSPS) is 17.0. The van der Waals surface area contributed by atoms with E-state index in [0.29, 0.717) is 36.6 Å². The van der Waals surface area contributed by atoms with Crippen molar-refractivity contribution >= 4 is 38.0 Å². The summed E-state index contributed by atoms with van der Waals surface area (Å²) in [6, 6.07) is 0. The molecule has 3 rings (SSSR count). The molecule has 30 heavy (non-hydrogen) atoms. The lowest BCUT2D eigenvalue weighted by Gasteiger charge is -2.13. The number of sulfone groups is 1. The van der Waals surface area contributed by atoms with Gasteiger partial charge in [-0.1, -0.05) is 12.8 Å². The zero-order chi connectivity index (χ0) is 21.6. The van der Waals surface area contributed by atoms with Crippen LogP contribution in [0.25, 0.3) is 0 Å². The first kappa shape index (κ1) is 23.2. The van der Waals surface area contributed by atoms with E-state index in [1.54, 1.807) is 7.11 Å². The third kappa shape index (κ3) is 5.82. The summed E-state index contributed by atoms with van der Waals surface area (Å²) in [7, 11) is -1.62. The van der Waals surface area contributed by atoms with Gasteiger partial charge in [-0.3, -0.25) is 9.59 Å². The number of carbonyl (C=O) groups is 2. The molecule has 0 radical (unpaired) electrons. The number of nitrogens with one attached hydrogen (secondary N) is 2. The molecule has 1 fully saturated rings. The molecule has 0 aromatic carbocycles. The highest BCUT2D eigenvalue weighted by Crippen LogP contribution is 2.38. The van der Waals surface area contributed by atoms with Crippen LogP contribution in [0.1, 0.15) is 72.2 Å². The van der Waals surface area contributed by atoms with Crippen molar-refractivity contribution in [1.82, 2.24) is 5.32 Å². The van der Waals surface area contributed by atoms with Crippen LogP contribution in [0.5, 0.6) is 0 Å². The van der Waals surface area contributed by atoms with Crippen LogP contribution in [0, 0.1) is 0 Å². The summed E-state index contributed by atoms with van der Waals surface area (Å²) < 4.78 is 29.9. The lowest BCUT2D eigenvalue weighted by molar-refractivity contribution is -0.115. The number of hydrogen-bond donors (Lipinski definition) is 2. The highest BCUT2D eigenvalue weighted by Gasteiger charge is 2.30. The van der Waals surface area contributed by atoms with Crippen molar-refractivity contribution in [1.29, 1.82) is 0 Å². The van der Waals surface area contributed by atoms with Gasteiger partial charge in [-0.05, 0) is 50.5 Å². The molecule has 168 valence electrons. The Hall–Kier alpha value is -1.45. The second-order valence-corrected chi connectivity index (χ2v) is 11.6. The molecule has 1 aromatic heterocycles. The topological polar surface area (TPSA) is 102 Å². The van der Waals surface area contributed by atoms with E-state index in [0.717, 1.165) is 55.4 Å². The molecule has 0 atom stereocenters. The summed E-state index contributed by atoms with van der Waals surface area (Å²) in [6.45, 7) is 1.07. The Bertz CT molecular complexity index is 857. The fourth-order valence-corrected chi connectivity index (χ4v) is 7.40. The van der Waals surface area contributed by atoms with Gasteiger partial charge in [0, 0.05) is 31.6 Å². The zero-order valence-electron chi connectivity index (χ0n) is 17.6. The molecule has 7 nitrogen and oxygen atoms in total. The van der Waals surface area contributed by atoms with Crippen molar-refractivity contribution in [3.05, 3.63) is 16.0 Å². The average molecular weight is 457 g/mol. The van der Waals surface area contributed by atoms with Crippen LogP contribution in [0.4, 0.5) is 5.00 Å². The Morgan fingerprint density at radius 1 is 1.13 bits per heavy atom. The standard InChI is InChI=1S/C21H32N2O5S2/c1-28-13-6-12-22-20(25)19-16-9-4-5-10-17(16)29-21(19)23-18(24)11-14-30(26,27)15-7-2-3-8-15/h15H,2-14H2,1H3,(H,22,25)(H,23,24). The van der Waals surface area contributed by atoms with Crippen molar-refractivity contribution in [2.24, 2.45) is 0 Å². The molecule has 9 heteroatoms. The Labute approximate surface area is 182 Å². The van der Waals surface area contributed by atoms with Crippen LogP contribution in [-0.2, 0) is 32.2 Å². The van der Waals surface area contributed by atoms with Gasteiger partial charge in [0.05, 0.1) is 16.6 Å². The maximum absolute atomic E-state index is 12.8. The van der Waals surface area contributed by atoms with Crippen LogP contribution in [0.2, 0.25) is 0 Å². The molecule has 2 aliphatic rings. The number of anilines is 1. The first-order chi connectivity index (χ1) is 14.4. The van der Waals surface area contributed by atoms with E-state index < -0.39 is 9.84 Å². The minimum Gasteiger partial charge on any atom is -0.385 e. The number of carbonyl (C=O) groups excluding carboxylic acids is 2. The number of rotatable bonds is 10. The summed E-state index contributed by atoms with van der Waals surface area (Å²) in [4.78, 5) is 26.5. The van der Waals surface area contributed by atoms with Crippen LogP contribution in [0.15, 0.2) is 0 Å². The highest BCUT2D eigenvalue weighted by atomic mass is 32.2. The third-order valence-corrected chi connectivity index (χ3v) is 9.35. The van der Waals surface area contributed by atoms with Gasteiger partial charge in [-0.15, -0.1) is 11.3 Å². The summed E-state index contributed by atoms with van der Waals surface area (Å²) in [5.74, 6) is -0.657. The molecule has 2 amide bonds. The van der Waals surface area contributed by atoms with Gasteiger partial charge in [0.25, 0.3) is 5.91 Å². The monoisotopic (exact) mass is 456 g/mol. The van der Waals surface area contributed by atoms with E-state index in [-0.39, 0.29) is 29.2 Å². The minimum absolute atomic E-state index is 0.0731. The molecule has 1 saturated carbocycles. The highest BCUT2D eigenvalue weighted by molar-refractivity contribution is 7.92. The van der Waals surface area contributed by atoms with Crippen molar-refractivity contribution in [3.63, 3.8) is 0 Å². The Balaban J connectivity index is 1.66. The van der Waals surface area contributed by atoms with Crippen molar-refractivity contribution in [2.75, 3.05) is 31.3 Å². The third-order valence-electron chi connectivity index (χ3n) is 5.89. The number of amides is 2. The summed E-state index contributed by atoms with van der Waals surface area (Å²) in [5.41, 5.74) is 1.59. The van der Waals surface area contributed by atoms with E-state index in [2.05, 4.69) is 10.6 Å². The van der Waals surface area contributed by atoms with Crippen molar-refractivity contribution in [2.45, 2.75) is 69.5 Å². The van der Waals surface area contributed by atoms with Crippen LogP contribution in [-0.4, -0.2) is 51.5 Å². The molecule has 0 unspecified atom stereocenters. The number of thiophene rings is 1. The Kier molecular flexibility index (Phi) is 8.30. The maximum atomic E-state index is 12.8. The number of fused-ring (bicyclic) bond motifs is 1. The van der Waals surface area contributed by atoms with E-state index in [9.17, 15) is 18.0 Å². The lowest BCUT2D eigenvalue weighted by atomic mass is 9.95. The van der Waals surface area contributed by atoms with Gasteiger partial charge < -0.3 is 15.4 Å². The largest absolute Gasteiger partial charge is 0.385 e. The van der Waals surface area contributed by atoms with Gasteiger partial charge in [-0.25, -0.2) is 8.42 Å². The molecule has 1 aromatic rings. The number of methoxy groups -OCH3 is 1. The van der Waals surface area contributed by atoms with E-state index in [4.69, 9.17) is 4.74 Å². The molecule has 0 spiro atoms. The molecule has 1 heterocycles. The van der Waals surface area contributed by atoms with Gasteiger partial charge >= 0.3 is 0 Å². The predicted molar refractivity (Wildman–Crippen MR) is 119 cm³/mol. The van der Waals surface area contributed by atoms with E-state index in [1.807, 2.05) is 0 Å². The first-order valence-electron chi connectivity index (χ1n) is 10.9. The fraction of sp³-hybridized carbons (Fsp3) is 0.714. The predicted octanol–water partition coefficient (Wildman–Crippen LogP) is 3.08. The second kappa shape index (κ2) is 10.7. The van der Waals surface area contributed by atoms with Gasteiger partial charge in [-0.2, -0.15) is 0 Å². The van der Waals surface area contributed by atoms with E-state index >= 15 is 0 Å². The summed E-state index contributed by atoms with van der Waals surface area (Å²) >= 11 is 1.45. The van der Waals surface area contributed by atoms with Crippen LogP contribution in [0.3, 0.4) is 0 Å². The van der Waals surface area contributed by atoms with Gasteiger partial charge in [0.15, 0.2) is 9.84 Å². The summed E-state index contributed by atoms with van der Waals surface area (Å²) in [6.07, 6.45) is 7.79. The fourth-order valence-electron chi connectivity index (χ4n) is 4.24. The molecule has 0 aliphatic heterocycles. The van der Waals surface area contributed by atoms with Crippen molar-refractivity contribution < 1.29 is 22.7 Å². The summed E-state index contributed by atoms with van der Waals surface area (Å²) in [5, 5.41) is 6.01. The number of ether oxygens (including phenoxy) is 1. The number of hydrogen-bond acceptors (Lipinski definition) is 6. The Morgan fingerprint density at radius 3 is 2.60 bits per heavy atom.